The van der Waals surface area contributed by atoms with Gasteiger partial charge in [-0.2, -0.15) is 18.3 Å². The Morgan fingerprint density at radius 1 is 1.16 bits per heavy atom. The second kappa shape index (κ2) is 8.06. The summed E-state index contributed by atoms with van der Waals surface area (Å²) in [5, 5.41) is 4.54. The Balaban J connectivity index is 1.69. The van der Waals surface area contributed by atoms with Crippen molar-refractivity contribution in [3.05, 3.63) is 29.0 Å². The number of amides is 1. The first-order valence-corrected chi connectivity index (χ1v) is 10.9. The number of rotatable bonds is 2. The number of carbonyl (C=O) groups is 1. The van der Waals surface area contributed by atoms with Gasteiger partial charge in [0.15, 0.2) is 11.5 Å². The van der Waals surface area contributed by atoms with Gasteiger partial charge in [0.05, 0.1) is 11.6 Å². The van der Waals surface area contributed by atoms with Crippen molar-refractivity contribution in [1.29, 1.82) is 0 Å². The predicted molar refractivity (Wildman–Crippen MR) is 107 cm³/mol. The van der Waals surface area contributed by atoms with Gasteiger partial charge in [0.2, 0.25) is 5.91 Å². The molecule has 1 saturated carbocycles. The van der Waals surface area contributed by atoms with E-state index in [0.29, 0.717) is 18.8 Å². The summed E-state index contributed by atoms with van der Waals surface area (Å²) in [6.07, 6.45) is -2.85. The Hall–Kier alpha value is -2.19. The highest BCUT2D eigenvalue weighted by molar-refractivity contribution is 5.73. The maximum Gasteiger partial charge on any atom is 0.391 e. The molecule has 1 amide bonds. The number of nitrogens with zero attached hydrogens (tertiary/aromatic N) is 4. The number of alkyl halides is 3. The highest BCUT2D eigenvalue weighted by Crippen LogP contribution is 2.43. The van der Waals surface area contributed by atoms with Crippen molar-refractivity contribution in [3.8, 4) is 0 Å². The van der Waals surface area contributed by atoms with Gasteiger partial charge in [0.1, 0.15) is 5.69 Å². The molecule has 31 heavy (non-hydrogen) atoms. The van der Waals surface area contributed by atoms with Gasteiger partial charge in [-0.3, -0.25) is 4.79 Å². The van der Waals surface area contributed by atoms with Gasteiger partial charge in [0, 0.05) is 37.5 Å². The smallest absolute Gasteiger partial charge is 0.342 e. The van der Waals surface area contributed by atoms with E-state index in [9.17, 15) is 18.0 Å². The zero-order valence-electron chi connectivity index (χ0n) is 18.0. The van der Waals surface area contributed by atoms with Crippen LogP contribution in [-0.2, 0) is 4.79 Å². The molecule has 9 heteroatoms. The van der Waals surface area contributed by atoms with Crippen LogP contribution in [0.2, 0.25) is 0 Å². The molecule has 170 valence electrons. The van der Waals surface area contributed by atoms with Crippen LogP contribution in [0.15, 0.2) is 6.07 Å². The molecule has 2 atom stereocenters. The van der Waals surface area contributed by atoms with Crippen LogP contribution in [0, 0.1) is 24.6 Å². The lowest BCUT2D eigenvalue weighted by atomic mass is 9.80. The van der Waals surface area contributed by atoms with E-state index in [1.807, 2.05) is 6.07 Å². The molecule has 2 aromatic heterocycles. The van der Waals surface area contributed by atoms with Crippen molar-refractivity contribution in [2.75, 3.05) is 13.1 Å². The van der Waals surface area contributed by atoms with E-state index in [4.69, 9.17) is 0 Å². The van der Waals surface area contributed by atoms with Gasteiger partial charge in [0.25, 0.3) is 0 Å². The number of likely N-dealkylation sites (tertiary alicyclic amines) is 1. The van der Waals surface area contributed by atoms with Crippen molar-refractivity contribution in [2.24, 2.45) is 11.8 Å². The Morgan fingerprint density at radius 3 is 2.45 bits per heavy atom. The molecule has 2 fully saturated rings. The van der Waals surface area contributed by atoms with Crippen LogP contribution in [0.25, 0.3) is 5.65 Å². The lowest BCUT2D eigenvalue weighted by molar-refractivity contribution is -0.182. The number of halogens is 4. The zero-order valence-corrected chi connectivity index (χ0v) is 18.0. The van der Waals surface area contributed by atoms with Gasteiger partial charge in [-0.1, -0.05) is 6.92 Å². The molecular weight excluding hydrogens is 412 g/mol. The number of aromatic nitrogens is 3. The number of hydrogen-bond acceptors (Lipinski definition) is 3. The third-order valence-electron chi connectivity index (χ3n) is 7.07. The van der Waals surface area contributed by atoms with Crippen LogP contribution in [-0.4, -0.2) is 44.7 Å². The van der Waals surface area contributed by atoms with Gasteiger partial charge < -0.3 is 4.90 Å². The van der Waals surface area contributed by atoms with E-state index in [-0.39, 0.29) is 60.7 Å². The minimum absolute atomic E-state index is 0.00593. The summed E-state index contributed by atoms with van der Waals surface area (Å²) in [4.78, 5) is 18.1. The van der Waals surface area contributed by atoms with Crippen LogP contribution in [0.5, 0.6) is 0 Å². The van der Waals surface area contributed by atoms with E-state index < -0.39 is 17.9 Å². The summed E-state index contributed by atoms with van der Waals surface area (Å²) < 4.78 is 55.9. The van der Waals surface area contributed by atoms with E-state index >= 15 is 4.39 Å². The second-order valence-corrected chi connectivity index (χ2v) is 9.18. The SMILES string of the molecule is CC(=O)N1CC[C@@H](C)[C@@H](c2cc(C)nc3c(F)c(C4CCC(C(F)(F)F)CC4)nn23)C1. The third kappa shape index (κ3) is 4.15. The number of aryl methyl sites for hydroxylation is 1. The van der Waals surface area contributed by atoms with Gasteiger partial charge in [-0.05, 0) is 51.0 Å². The van der Waals surface area contributed by atoms with E-state index in [1.54, 1.807) is 18.7 Å². The highest BCUT2D eigenvalue weighted by Gasteiger charge is 2.42. The van der Waals surface area contributed by atoms with Crippen molar-refractivity contribution in [1.82, 2.24) is 19.5 Å². The topological polar surface area (TPSA) is 50.5 Å². The molecule has 1 aliphatic heterocycles. The number of hydrogen-bond donors (Lipinski definition) is 0. The number of fused-ring (bicyclic) bond motifs is 1. The Labute approximate surface area is 178 Å². The molecule has 0 spiro atoms. The zero-order chi connectivity index (χ0) is 22.5. The van der Waals surface area contributed by atoms with Gasteiger partial charge in [-0.25, -0.2) is 13.9 Å². The first-order valence-electron chi connectivity index (χ1n) is 10.9. The summed E-state index contributed by atoms with van der Waals surface area (Å²) in [6.45, 7) is 6.68. The Morgan fingerprint density at radius 2 is 1.84 bits per heavy atom. The quantitative estimate of drug-likeness (QED) is 0.619. The highest BCUT2D eigenvalue weighted by atomic mass is 19.4. The second-order valence-electron chi connectivity index (χ2n) is 9.18. The normalized spacial score (nSPS) is 27.6. The fraction of sp³-hybridized carbons (Fsp3) is 0.682. The van der Waals surface area contributed by atoms with Crippen LogP contribution in [0.1, 0.15) is 74.9 Å². The Bertz CT molecular complexity index is 978. The van der Waals surface area contributed by atoms with E-state index in [0.717, 1.165) is 12.1 Å². The first kappa shape index (κ1) is 22.0. The molecule has 1 aliphatic carbocycles. The monoisotopic (exact) mass is 440 g/mol. The van der Waals surface area contributed by atoms with Crippen LogP contribution in [0.4, 0.5) is 17.6 Å². The van der Waals surface area contributed by atoms with Crippen LogP contribution in [0.3, 0.4) is 0 Å². The summed E-state index contributed by atoms with van der Waals surface area (Å²) in [5.74, 6) is -1.93. The number of piperidine rings is 1. The first-order chi connectivity index (χ1) is 14.6. The molecular formula is C22H28F4N4O. The van der Waals surface area contributed by atoms with Crippen LogP contribution >= 0.6 is 0 Å². The maximum atomic E-state index is 15.3. The molecule has 0 aromatic carbocycles. The van der Waals surface area contributed by atoms with Gasteiger partial charge in [-0.15, -0.1) is 0 Å². The molecule has 2 aliphatic rings. The lowest BCUT2D eigenvalue weighted by Crippen LogP contribution is -2.41. The largest absolute Gasteiger partial charge is 0.391 e. The molecule has 0 bridgehead atoms. The summed E-state index contributed by atoms with van der Waals surface area (Å²) in [5.41, 5.74) is 1.79. The summed E-state index contributed by atoms with van der Waals surface area (Å²) >= 11 is 0. The molecule has 1 saturated heterocycles. The van der Waals surface area contributed by atoms with Gasteiger partial charge >= 0.3 is 6.18 Å². The molecule has 3 heterocycles. The summed E-state index contributed by atoms with van der Waals surface area (Å²) in [6, 6.07) is 1.88. The van der Waals surface area contributed by atoms with Crippen LogP contribution < -0.4 is 0 Å². The minimum atomic E-state index is -4.20. The minimum Gasteiger partial charge on any atom is -0.342 e. The number of carbonyl (C=O) groups excluding carboxylic acids is 1. The van der Waals surface area contributed by atoms with Crippen molar-refractivity contribution >= 4 is 11.6 Å². The van der Waals surface area contributed by atoms with E-state index in [2.05, 4.69) is 17.0 Å². The average molecular weight is 440 g/mol. The lowest BCUT2D eigenvalue weighted by Gasteiger charge is -2.36. The Kier molecular flexibility index (Phi) is 5.72. The molecule has 2 aromatic rings. The predicted octanol–water partition coefficient (Wildman–Crippen LogP) is 4.98. The summed E-state index contributed by atoms with van der Waals surface area (Å²) in [7, 11) is 0. The molecule has 0 radical (unpaired) electrons. The fourth-order valence-electron chi connectivity index (χ4n) is 5.12. The fourth-order valence-corrected chi connectivity index (χ4v) is 5.12. The van der Waals surface area contributed by atoms with Crippen molar-refractivity contribution in [3.63, 3.8) is 0 Å². The average Bonchev–Trinajstić information content (AvgIpc) is 3.03. The van der Waals surface area contributed by atoms with Crippen molar-refractivity contribution in [2.45, 2.75) is 70.9 Å². The molecule has 4 rings (SSSR count). The third-order valence-corrected chi connectivity index (χ3v) is 7.07. The van der Waals surface area contributed by atoms with Crippen molar-refractivity contribution < 1.29 is 22.4 Å². The maximum absolute atomic E-state index is 15.3. The molecule has 0 unspecified atom stereocenters. The molecule has 0 N–H and O–H groups in total. The van der Waals surface area contributed by atoms with E-state index in [1.165, 1.54) is 4.52 Å². The molecule has 5 nitrogen and oxygen atoms in total. The standard InChI is InChI=1S/C22H28F4N4O/c1-12-8-9-29(14(3)31)11-17(12)18-10-13(2)27-21-19(23)20(28-30(18)21)15-4-6-16(7-5-15)22(24,25)26/h10,12,15-17H,4-9,11H2,1-3H3/t12-,15?,16?,17+/m1/s1.